The third-order valence-corrected chi connectivity index (χ3v) is 12.6. The molecule has 4 heterocycles. The van der Waals surface area contributed by atoms with Crippen LogP contribution in [0.15, 0.2) is 54.7 Å². The first-order valence-corrected chi connectivity index (χ1v) is 19.9. The van der Waals surface area contributed by atoms with E-state index in [9.17, 15) is 32.5 Å². The van der Waals surface area contributed by atoms with E-state index in [1.165, 1.54) is 28.4 Å². The fraction of sp³-hybridized carbons (Fsp3) is 0.364. The molecule has 2 saturated heterocycles. The third kappa shape index (κ3) is 8.05. The zero-order valence-electron chi connectivity index (χ0n) is 27.3. The lowest BCUT2D eigenvalue weighted by atomic mass is 10.1. The Labute approximate surface area is 309 Å². The van der Waals surface area contributed by atoms with Gasteiger partial charge in [0, 0.05) is 40.5 Å². The summed E-state index contributed by atoms with van der Waals surface area (Å²) in [5, 5.41) is 10.2. The quantitative estimate of drug-likeness (QED) is 0.118. The van der Waals surface area contributed by atoms with E-state index in [-0.39, 0.29) is 35.7 Å². The molecule has 7 N–H and O–H groups in total. The van der Waals surface area contributed by atoms with Gasteiger partial charge < -0.3 is 36.4 Å². The summed E-state index contributed by atoms with van der Waals surface area (Å²) in [6.07, 6.45) is 3.35. The van der Waals surface area contributed by atoms with E-state index in [0.717, 1.165) is 33.9 Å². The number of thiophene rings is 1. The molecule has 0 radical (unpaired) electrons. The maximum atomic E-state index is 14.3. The molecule has 2 aliphatic heterocycles. The summed E-state index contributed by atoms with van der Waals surface area (Å²) in [6.45, 7) is 0.585. The largest absolute Gasteiger partial charge is 0.399 e. The summed E-state index contributed by atoms with van der Waals surface area (Å²) < 4.78 is 40.5. The smallest absolute Gasteiger partial charge is 0.370 e. The average molecular weight is 795 g/mol. The molecule has 13 nitrogen and oxygen atoms in total. The van der Waals surface area contributed by atoms with Crippen LogP contribution in [0.2, 0.25) is 5.02 Å². The fourth-order valence-electron chi connectivity index (χ4n) is 6.40. The standard InChI is InChI=1S/C33H34ClF2N6O7PS2/c34-20-4-1-17(2-5-20)27-16-39-31(52-27)22(7-10-28(37)43)40-29(44)24-8-6-21-11-12-38-15-23(32(46)42(21)24)41-30(45)26-14-18-13-19(3-9-25(18)51-26)33(35,36)50(47,48)49/h1-5,9,13-14,16,21-24,38H,6-8,10-12,15H2,(H2,37,43)(H,40,44)(H,41,45)(H2,47,48,49)/t21-,22+,23+,24+/m1/s1. The van der Waals surface area contributed by atoms with Crippen LogP contribution in [0.4, 0.5) is 8.78 Å². The summed E-state index contributed by atoms with van der Waals surface area (Å²) in [7, 11) is -5.80. The molecule has 6 rings (SSSR count). The highest BCUT2D eigenvalue weighted by Gasteiger charge is 2.50. The van der Waals surface area contributed by atoms with Crippen molar-refractivity contribution in [1.29, 1.82) is 0 Å². The zero-order valence-corrected chi connectivity index (χ0v) is 30.5. The summed E-state index contributed by atoms with van der Waals surface area (Å²) >= 11 is 8.34. The highest BCUT2D eigenvalue weighted by Crippen LogP contribution is 2.59. The minimum Gasteiger partial charge on any atom is -0.370 e. The molecule has 276 valence electrons. The van der Waals surface area contributed by atoms with E-state index in [0.29, 0.717) is 40.5 Å². The Balaban J connectivity index is 1.19. The van der Waals surface area contributed by atoms with Crippen molar-refractivity contribution < 1.29 is 42.3 Å². The number of nitrogens with one attached hydrogen (secondary N) is 3. The molecule has 0 spiro atoms. The summed E-state index contributed by atoms with van der Waals surface area (Å²) in [5.74, 6) is -2.10. The average Bonchev–Trinajstić information content (AvgIpc) is 3.85. The second kappa shape index (κ2) is 15.3. The van der Waals surface area contributed by atoms with Gasteiger partial charge >= 0.3 is 13.3 Å². The zero-order chi connectivity index (χ0) is 37.4. The van der Waals surface area contributed by atoms with E-state index in [1.807, 2.05) is 12.1 Å². The number of hydrogen-bond donors (Lipinski definition) is 6. The van der Waals surface area contributed by atoms with Gasteiger partial charge in [-0.05, 0) is 73.5 Å². The lowest BCUT2D eigenvalue weighted by molar-refractivity contribution is -0.142. The number of amides is 4. The first-order valence-electron chi connectivity index (χ1n) is 16.2. The van der Waals surface area contributed by atoms with Crippen molar-refractivity contribution in [1.82, 2.24) is 25.8 Å². The number of halogens is 3. The molecule has 4 atom stereocenters. The highest BCUT2D eigenvalue weighted by atomic mass is 35.5. The predicted octanol–water partition coefficient (Wildman–Crippen LogP) is 4.48. The maximum Gasteiger partial charge on any atom is 0.399 e. The molecule has 0 saturated carbocycles. The lowest BCUT2D eigenvalue weighted by Gasteiger charge is -2.35. The number of nitrogens with zero attached hydrogens (tertiary/aromatic N) is 2. The van der Waals surface area contributed by atoms with Crippen LogP contribution < -0.4 is 21.7 Å². The molecular weight excluding hydrogens is 761 g/mol. The van der Waals surface area contributed by atoms with Crippen LogP contribution in [0.3, 0.4) is 0 Å². The Hall–Kier alpha value is -3.83. The van der Waals surface area contributed by atoms with Crippen LogP contribution in [0.5, 0.6) is 0 Å². The normalized spacial score (nSPS) is 20.2. The van der Waals surface area contributed by atoms with Crippen molar-refractivity contribution >= 4 is 75.6 Å². The maximum absolute atomic E-state index is 14.3. The van der Waals surface area contributed by atoms with Crippen molar-refractivity contribution in [2.24, 2.45) is 5.73 Å². The van der Waals surface area contributed by atoms with Gasteiger partial charge in [0.05, 0.1) is 15.8 Å². The number of carbonyl (C=O) groups excluding carboxylic acids is 4. The second-order valence-corrected chi connectivity index (χ2v) is 16.8. The number of hydrogen-bond acceptors (Lipinski definition) is 9. The van der Waals surface area contributed by atoms with Crippen LogP contribution in [0.25, 0.3) is 20.5 Å². The van der Waals surface area contributed by atoms with Gasteiger partial charge in [-0.1, -0.05) is 29.8 Å². The Kier molecular flexibility index (Phi) is 11.1. The van der Waals surface area contributed by atoms with Crippen LogP contribution in [0, 0.1) is 0 Å². The molecule has 4 amide bonds. The van der Waals surface area contributed by atoms with Crippen molar-refractivity contribution in [2.45, 2.75) is 61.9 Å². The van der Waals surface area contributed by atoms with Crippen molar-refractivity contribution in [3.8, 4) is 10.4 Å². The van der Waals surface area contributed by atoms with E-state index in [4.69, 9.17) is 27.1 Å². The lowest BCUT2D eigenvalue weighted by Crippen LogP contribution is -2.60. The van der Waals surface area contributed by atoms with Gasteiger partial charge in [0.15, 0.2) is 0 Å². The monoisotopic (exact) mass is 794 g/mol. The molecule has 0 bridgehead atoms. The van der Waals surface area contributed by atoms with Gasteiger partial charge in [-0.2, -0.15) is 8.78 Å². The van der Waals surface area contributed by atoms with E-state index < -0.39 is 60.6 Å². The number of carbonyl (C=O) groups is 4. The number of alkyl halides is 2. The number of benzene rings is 2. The first kappa shape index (κ1) is 37.9. The van der Waals surface area contributed by atoms with E-state index in [2.05, 4.69) is 20.9 Å². The summed E-state index contributed by atoms with van der Waals surface area (Å²) in [4.78, 5) is 78.4. The van der Waals surface area contributed by atoms with Gasteiger partial charge in [0.1, 0.15) is 17.1 Å². The molecule has 52 heavy (non-hydrogen) atoms. The van der Waals surface area contributed by atoms with E-state index in [1.54, 1.807) is 18.3 Å². The minimum absolute atomic E-state index is 0.0122. The number of rotatable bonds is 11. The van der Waals surface area contributed by atoms with Gasteiger partial charge in [0.25, 0.3) is 5.91 Å². The second-order valence-electron chi connectivity index (χ2n) is 12.6. The van der Waals surface area contributed by atoms with Crippen LogP contribution >= 0.6 is 41.9 Å². The van der Waals surface area contributed by atoms with Crippen LogP contribution in [0.1, 0.15) is 58.4 Å². The highest BCUT2D eigenvalue weighted by molar-refractivity contribution is 7.52. The van der Waals surface area contributed by atoms with Crippen molar-refractivity contribution in [2.75, 3.05) is 13.1 Å². The van der Waals surface area contributed by atoms with Crippen molar-refractivity contribution in [3.63, 3.8) is 0 Å². The molecule has 19 heteroatoms. The first-order chi connectivity index (χ1) is 24.6. The molecule has 2 aliphatic rings. The Morgan fingerprint density at radius 2 is 1.87 bits per heavy atom. The third-order valence-electron chi connectivity index (χ3n) is 9.07. The number of nitrogens with two attached hydrogens (primary N) is 1. The number of aromatic nitrogens is 1. The van der Waals surface area contributed by atoms with Gasteiger partial charge in [0.2, 0.25) is 17.7 Å². The number of thiazole rings is 1. The molecule has 2 aromatic carbocycles. The van der Waals surface area contributed by atoms with Gasteiger partial charge in [-0.25, -0.2) is 4.98 Å². The minimum atomic E-state index is -5.80. The SMILES string of the molecule is NC(=O)CC[C@H](NC(=O)[C@@H]1CC[C@@H]2CCNC[C@H](NC(=O)c3cc4cc(C(F)(F)P(=O)(O)O)ccc4s3)C(=O)N21)c1ncc(-c2ccc(Cl)cc2)s1. The predicted molar refractivity (Wildman–Crippen MR) is 192 cm³/mol. The summed E-state index contributed by atoms with van der Waals surface area (Å²) in [6, 6.07) is 8.70. The van der Waals surface area contributed by atoms with Gasteiger partial charge in [-0.15, -0.1) is 22.7 Å². The number of fused-ring (bicyclic) bond motifs is 2. The molecule has 0 unspecified atom stereocenters. The van der Waals surface area contributed by atoms with Crippen LogP contribution in [-0.2, 0) is 24.6 Å². The summed E-state index contributed by atoms with van der Waals surface area (Å²) in [5.41, 5.74) is 1.01. The molecule has 2 fully saturated rings. The number of primary amides is 1. The van der Waals surface area contributed by atoms with Crippen molar-refractivity contribution in [3.05, 3.63) is 75.2 Å². The Bertz CT molecular complexity index is 2060. The fourth-order valence-corrected chi connectivity index (χ4v) is 8.96. The molecular formula is C33H34ClF2N6O7PS2. The molecule has 2 aromatic heterocycles. The van der Waals surface area contributed by atoms with E-state index >= 15 is 0 Å². The molecule has 4 aromatic rings. The van der Waals surface area contributed by atoms with Gasteiger partial charge in [-0.3, -0.25) is 23.7 Å². The Morgan fingerprint density at radius 3 is 2.58 bits per heavy atom. The topological polar surface area (TPSA) is 204 Å². The Morgan fingerprint density at radius 1 is 1.12 bits per heavy atom. The molecule has 0 aliphatic carbocycles. The van der Waals surface area contributed by atoms with Crippen LogP contribution in [-0.4, -0.2) is 74.5 Å².